The van der Waals surface area contributed by atoms with Crippen molar-refractivity contribution in [2.45, 2.75) is 42.2 Å². The highest BCUT2D eigenvalue weighted by Gasteiger charge is 2.16. The molecule has 0 unspecified atom stereocenters. The molecule has 0 aliphatic heterocycles. The molecule has 0 aromatic heterocycles. The van der Waals surface area contributed by atoms with E-state index in [-0.39, 0.29) is 11.4 Å². The van der Waals surface area contributed by atoms with Crippen LogP contribution in [0.2, 0.25) is 0 Å². The van der Waals surface area contributed by atoms with E-state index in [1.165, 1.54) is 38.2 Å². The minimum absolute atomic E-state index is 0.00186. The minimum atomic E-state index is -0.440. The van der Waals surface area contributed by atoms with Gasteiger partial charge in [0.2, 0.25) is 0 Å². The van der Waals surface area contributed by atoms with Crippen LogP contribution < -0.4 is 5.73 Å². The van der Waals surface area contributed by atoms with Crippen molar-refractivity contribution in [3.05, 3.63) is 28.3 Å². The predicted molar refractivity (Wildman–Crippen MR) is 70.2 cm³/mol. The number of nitro groups is 1. The third-order valence-corrected chi connectivity index (χ3v) is 4.38. The molecule has 17 heavy (non-hydrogen) atoms. The molecule has 1 aliphatic carbocycles. The number of anilines is 1. The number of nitro benzene ring substituents is 1. The molecule has 4 nitrogen and oxygen atoms in total. The van der Waals surface area contributed by atoms with E-state index >= 15 is 0 Å². The van der Waals surface area contributed by atoms with Gasteiger partial charge in [-0.15, -0.1) is 11.8 Å². The number of hydrogen-bond acceptors (Lipinski definition) is 4. The Morgan fingerprint density at radius 2 is 2.00 bits per heavy atom. The van der Waals surface area contributed by atoms with Gasteiger partial charge in [-0.1, -0.05) is 19.3 Å². The largest absolute Gasteiger partial charge is 0.393 e. The van der Waals surface area contributed by atoms with Crippen LogP contribution in [-0.4, -0.2) is 10.2 Å². The summed E-state index contributed by atoms with van der Waals surface area (Å²) in [6.07, 6.45) is 6.39. The van der Waals surface area contributed by atoms with E-state index in [2.05, 4.69) is 0 Å². The topological polar surface area (TPSA) is 69.2 Å². The molecule has 1 aromatic carbocycles. The number of benzene rings is 1. The van der Waals surface area contributed by atoms with Gasteiger partial charge in [0, 0.05) is 16.2 Å². The summed E-state index contributed by atoms with van der Waals surface area (Å²) < 4.78 is 0. The fourth-order valence-electron chi connectivity index (χ4n) is 2.15. The van der Waals surface area contributed by atoms with Crippen molar-refractivity contribution in [3.63, 3.8) is 0 Å². The number of nitrogens with zero attached hydrogens (tertiary/aromatic N) is 1. The summed E-state index contributed by atoms with van der Waals surface area (Å²) in [7, 11) is 0. The van der Waals surface area contributed by atoms with Crippen molar-refractivity contribution in [3.8, 4) is 0 Å². The zero-order chi connectivity index (χ0) is 12.3. The highest BCUT2D eigenvalue weighted by atomic mass is 32.2. The zero-order valence-corrected chi connectivity index (χ0v) is 10.4. The average Bonchev–Trinajstić information content (AvgIpc) is 2.30. The van der Waals surface area contributed by atoms with Crippen LogP contribution in [0.15, 0.2) is 23.1 Å². The average molecular weight is 252 g/mol. The Kier molecular flexibility index (Phi) is 3.89. The first kappa shape index (κ1) is 12.2. The number of nitrogen functional groups attached to an aromatic ring is 1. The Morgan fingerprint density at radius 1 is 1.29 bits per heavy atom. The second-order valence-electron chi connectivity index (χ2n) is 4.36. The first-order valence-corrected chi connectivity index (χ1v) is 6.75. The van der Waals surface area contributed by atoms with E-state index in [1.54, 1.807) is 23.9 Å². The maximum absolute atomic E-state index is 10.6. The molecule has 1 fully saturated rings. The third-order valence-electron chi connectivity index (χ3n) is 3.05. The maximum Gasteiger partial charge on any atom is 0.292 e. The zero-order valence-electron chi connectivity index (χ0n) is 9.59. The summed E-state index contributed by atoms with van der Waals surface area (Å²) >= 11 is 1.80. The molecule has 2 rings (SSSR count). The van der Waals surface area contributed by atoms with E-state index in [9.17, 15) is 10.1 Å². The first-order chi connectivity index (χ1) is 8.16. The van der Waals surface area contributed by atoms with Gasteiger partial charge in [-0.2, -0.15) is 0 Å². The lowest BCUT2D eigenvalue weighted by molar-refractivity contribution is -0.383. The van der Waals surface area contributed by atoms with Crippen molar-refractivity contribution >= 4 is 23.1 Å². The molecular formula is C12H16N2O2S. The Bertz CT molecular complexity index is 417. The van der Waals surface area contributed by atoms with E-state index in [0.29, 0.717) is 5.25 Å². The summed E-state index contributed by atoms with van der Waals surface area (Å²) in [5, 5.41) is 11.3. The van der Waals surface area contributed by atoms with E-state index in [4.69, 9.17) is 5.73 Å². The van der Waals surface area contributed by atoms with Crippen molar-refractivity contribution in [1.29, 1.82) is 0 Å². The Balaban J connectivity index is 2.06. The lowest BCUT2D eigenvalue weighted by atomic mass is 10.0. The van der Waals surface area contributed by atoms with Crippen LogP contribution in [0.5, 0.6) is 0 Å². The molecule has 0 amide bonds. The number of rotatable bonds is 3. The quantitative estimate of drug-likeness (QED) is 0.507. The van der Waals surface area contributed by atoms with Crippen molar-refractivity contribution in [1.82, 2.24) is 0 Å². The highest BCUT2D eigenvalue weighted by Crippen LogP contribution is 2.35. The molecule has 1 aliphatic rings. The monoisotopic (exact) mass is 252 g/mol. The Hall–Kier alpha value is -1.23. The fourth-order valence-corrected chi connectivity index (χ4v) is 3.44. The number of nitrogens with two attached hydrogens (primary N) is 1. The smallest absolute Gasteiger partial charge is 0.292 e. The van der Waals surface area contributed by atoms with Crippen LogP contribution in [0.25, 0.3) is 0 Å². The van der Waals surface area contributed by atoms with Gasteiger partial charge in [0.15, 0.2) is 0 Å². The Labute approximate surface area is 105 Å². The molecule has 92 valence electrons. The van der Waals surface area contributed by atoms with Gasteiger partial charge in [-0.05, 0) is 25.0 Å². The van der Waals surface area contributed by atoms with Gasteiger partial charge in [-0.25, -0.2) is 0 Å². The first-order valence-electron chi connectivity index (χ1n) is 5.87. The van der Waals surface area contributed by atoms with Gasteiger partial charge < -0.3 is 5.73 Å². The summed E-state index contributed by atoms with van der Waals surface area (Å²) in [5.74, 6) is 0. The molecule has 0 bridgehead atoms. The van der Waals surface area contributed by atoms with Crippen molar-refractivity contribution in [2.24, 2.45) is 0 Å². The molecule has 1 aromatic rings. The predicted octanol–water partition coefficient (Wildman–Crippen LogP) is 3.60. The van der Waals surface area contributed by atoms with Gasteiger partial charge >= 0.3 is 0 Å². The molecule has 2 N–H and O–H groups in total. The molecule has 0 saturated heterocycles. The molecule has 0 heterocycles. The van der Waals surface area contributed by atoms with Crippen LogP contribution in [-0.2, 0) is 0 Å². The van der Waals surface area contributed by atoms with Gasteiger partial charge in [0.25, 0.3) is 5.69 Å². The second-order valence-corrected chi connectivity index (χ2v) is 5.73. The van der Waals surface area contributed by atoms with E-state index < -0.39 is 4.92 Å². The van der Waals surface area contributed by atoms with Crippen LogP contribution in [0.3, 0.4) is 0 Å². The normalized spacial score (nSPS) is 16.9. The standard InChI is InChI=1S/C12H16N2O2S/c13-11-8-10(6-7-12(11)14(15)16)17-9-4-2-1-3-5-9/h6-9H,1-5,13H2. The Morgan fingerprint density at radius 3 is 2.59 bits per heavy atom. The fraction of sp³-hybridized carbons (Fsp3) is 0.500. The lowest BCUT2D eigenvalue weighted by Gasteiger charge is -2.20. The van der Waals surface area contributed by atoms with E-state index in [0.717, 1.165) is 4.90 Å². The molecule has 0 radical (unpaired) electrons. The summed E-state index contributed by atoms with van der Waals surface area (Å²) in [6.45, 7) is 0. The second kappa shape index (κ2) is 5.40. The van der Waals surface area contributed by atoms with Gasteiger partial charge in [0.05, 0.1) is 4.92 Å². The van der Waals surface area contributed by atoms with Crippen LogP contribution in [0.4, 0.5) is 11.4 Å². The number of hydrogen-bond donors (Lipinski definition) is 1. The molecular weight excluding hydrogens is 236 g/mol. The molecule has 1 saturated carbocycles. The summed E-state index contributed by atoms with van der Waals surface area (Å²) in [5.41, 5.74) is 5.93. The summed E-state index contributed by atoms with van der Waals surface area (Å²) in [6, 6.07) is 5.02. The van der Waals surface area contributed by atoms with Crippen LogP contribution in [0.1, 0.15) is 32.1 Å². The molecule has 5 heteroatoms. The van der Waals surface area contributed by atoms with E-state index in [1.807, 2.05) is 0 Å². The number of thioether (sulfide) groups is 1. The highest BCUT2D eigenvalue weighted by molar-refractivity contribution is 8.00. The van der Waals surface area contributed by atoms with Crippen LogP contribution >= 0.6 is 11.8 Å². The molecule has 0 atom stereocenters. The molecule has 0 spiro atoms. The lowest BCUT2D eigenvalue weighted by Crippen LogP contribution is -2.07. The maximum atomic E-state index is 10.6. The van der Waals surface area contributed by atoms with Gasteiger partial charge in [0.1, 0.15) is 5.69 Å². The van der Waals surface area contributed by atoms with Gasteiger partial charge in [-0.3, -0.25) is 10.1 Å². The van der Waals surface area contributed by atoms with Crippen LogP contribution in [0, 0.1) is 10.1 Å². The summed E-state index contributed by atoms with van der Waals surface area (Å²) in [4.78, 5) is 11.2. The van der Waals surface area contributed by atoms with Crippen molar-refractivity contribution in [2.75, 3.05) is 5.73 Å². The third kappa shape index (κ3) is 3.12. The SMILES string of the molecule is Nc1cc(SC2CCCCC2)ccc1[N+](=O)[O-]. The minimum Gasteiger partial charge on any atom is -0.393 e. The van der Waals surface area contributed by atoms with Crippen molar-refractivity contribution < 1.29 is 4.92 Å².